The number of ether oxygens (including phenoxy) is 1. The van der Waals surface area contributed by atoms with Crippen LogP contribution in [0.15, 0.2) is 5.10 Å². The minimum absolute atomic E-state index is 0.410. The van der Waals surface area contributed by atoms with E-state index in [1.54, 1.807) is 0 Å². The Bertz CT molecular complexity index is 150. The predicted octanol–water partition coefficient (Wildman–Crippen LogP) is 0.971. The Morgan fingerprint density at radius 2 is 2.15 bits per heavy atom. The summed E-state index contributed by atoms with van der Waals surface area (Å²) in [5, 5.41) is 3.75. The topological polar surface area (TPSA) is 73.6 Å². The molecule has 0 bridgehead atoms. The molecule has 0 heterocycles. The van der Waals surface area contributed by atoms with Gasteiger partial charge in [0, 0.05) is 12.4 Å². The highest BCUT2D eigenvalue weighted by atomic mass is 32.2. The van der Waals surface area contributed by atoms with Crippen LogP contribution < -0.4 is 11.6 Å². The fraction of sp³-hybridized carbons (Fsp3) is 0.875. The summed E-state index contributed by atoms with van der Waals surface area (Å²) in [5.74, 6) is 6.46. The van der Waals surface area contributed by atoms with Crippen LogP contribution in [0.25, 0.3) is 0 Å². The quantitative estimate of drug-likeness (QED) is 0.223. The lowest BCUT2D eigenvalue weighted by Gasteiger charge is -2.05. The highest BCUT2D eigenvalue weighted by molar-refractivity contribution is 8.13. The molecule has 0 fully saturated rings. The second-order valence-corrected chi connectivity index (χ2v) is 4.23. The Morgan fingerprint density at radius 3 is 2.69 bits per heavy atom. The summed E-state index contributed by atoms with van der Waals surface area (Å²) < 4.78 is 5.37. The standard InChI is InChI=1S/C8H19N3OS/c1-7(2)3-4-12-5-6-13-8(9)11-10/h7H,3-6,10H2,1-2H3,(H2,9,11). The first kappa shape index (κ1) is 12.6. The minimum atomic E-state index is 0.410. The van der Waals surface area contributed by atoms with Gasteiger partial charge in [-0.25, -0.2) is 0 Å². The van der Waals surface area contributed by atoms with E-state index in [0.29, 0.717) is 17.7 Å². The van der Waals surface area contributed by atoms with Gasteiger partial charge in [0.15, 0.2) is 5.17 Å². The molecule has 0 aromatic carbocycles. The molecule has 4 N–H and O–H groups in total. The molecule has 0 atom stereocenters. The molecule has 0 aliphatic heterocycles. The molecule has 0 rings (SSSR count). The number of nitrogens with zero attached hydrogens (tertiary/aromatic N) is 1. The van der Waals surface area contributed by atoms with Crippen molar-refractivity contribution in [2.45, 2.75) is 20.3 Å². The van der Waals surface area contributed by atoms with Gasteiger partial charge in [0.2, 0.25) is 0 Å². The molecule has 4 nitrogen and oxygen atoms in total. The SMILES string of the molecule is CC(C)CCOCCSC(N)=NN. The predicted molar refractivity (Wildman–Crippen MR) is 58.5 cm³/mol. The number of amidine groups is 1. The van der Waals surface area contributed by atoms with Crippen LogP contribution in [-0.4, -0.2) is 24.1 Å². The molecule has 0 aliphatic rings. The molecule has 0 unspecified atom stereocenters. The van der Waals surface area contributed by atoms with E-state index in [1.165, 1.54) is 11.8 Å². The summed E-state index contributed by atoms with van der Waals surface area (Å²) in [6.45, 7) is 5.87. The molecule has 0 aromatic heterocycles. The molecule has 0 saturated carbocycles. The third-order valence-electron chi connectivity index (χ3n) is 1.44. The molecular formula is C8H19N3OS. The van der Waals surface area contributed by atoms with E-state index in [2.05, 4.69) is 18.9 Å². The average Bonchev–Trinajstić information content (AvgIpc) is 2.10. The Labute approximate surface area is 84.1 Å². The Kier molecular flexibility index (Phi) is 7.93. The van der Waals surface area contributed by atoms with Crippen LogP contribution >= 0.6 is 11.8 Å². The van der Waals surface area contributed by atoms with Crippen LogP contribution in [0.1, 0.15) is 20.3 Å². The third kappa shape index (κ3) is 9.49. The van der Waals surface area contributed by atoms with Crippen LogP contribution in [0.2, 0.25) is 0 Å². The van der Waals surface area contributed by atoms with Crippen molar-refractivity contribution >= 4 is 16.9 Å². The van der Waals surface area contributed by atoms with Crippen LogP contribution in [0, 0.1) is 5.92 Å². The van der Waals surface area contributed by atoms with Crippen molar-refractivity contribution in [2.75, 3.05) is 19.0 Å². The molecule has 0 aromatic rings. The summed E-state index contributed by atoms with van der Waals surface area (Å²) in [5.41, 5.74) is 5.37. The zero-order valence-electron chi connectivity index (χ0n) is 8.32. The van der Waals surface area contributed by atoms with Crippen LogP contribution in [0.4, 0.5) is 0 Å². The number of nitrogens with two attached hydrogens (primary N) is 2. The molecule has 0 spiro atoms. The minimum Gasteiger partial charge on any atom is -0.381 e. The average molecular weight is 205 g/mol. The number of hydrogen-bond acceptors (Lipinski definition) is 4. The lowest BCUT2D eigenvalue weighted by Crippen LogP contribution is -2.12. The van der Waals surface area contributed by atoms with Crippen LogP contribution in [0.5, 0.6) is 0 Å². The normalized spacial score (nSPS) is 12.4. The van der Waals surface area contributed by atoms with Gasteiger partial charge in [-0.2, -0.15) is 5.10 Å². The molecule has 0 saturated heterocycles. The summed E-state index contributed by atoms with van der Waals surface area (Å²) in [7, 11) is 0. The fourth-order valence-electron chi connectivity index (χ4n) is 0.664. The highest BCUT2D eigenvalue weighted by Gasteiger charge is 1.95. The first-order valence-electron chi connectivity index (χ1n) is 4.40. The van der Waals surface area contributed by atoms with E-state index in [1.807, 2.05) is 0 Å². The van der Waals surface area contributed by atoms with Gasteiger partial charge in [0.05, 0.1) is 6.61 Å². The van der Waals surface area contributed by atoms with E-state index in [-0.39, 0.29) is 0 Å². The lowest BCUT2D eigenvalue weighted by molar-refractivity contribution is 0.138. The van der Waals surface area contributed by atoms with E-state index in [4.69, 9.17) is 16.3 Å². The molecule has 0 aliphatic carbocycles. The Morgan fingerprint density at radius 1 is 1.46 bits per heavy atom. The second kappa shape index (κ2) is 8.19. The summed E-state index contributed by atoms with van der Waals surface area (Å²) >= 11 is 1.41. The molecule has 5 heteroatoms. The molecule has 0 radical (unpaired) electrons. The smallest absolute Gasteiger partial charge is 0.177 e. The maximum atomic E-state index is 5.37. The molecule has 0 amide bonds. The van der Waals surface area contributed by atoms with Crippen molar-refractivity contribution in [1.29, 1.82) is 0 Å². The van der Waals surface area contributed by atoms with Crippen molar-refractivity contribution in [3.8, 4) is 0 Å². The third-order valence-corrected chi connectivity index (χ3v) is 2.22. The second-order valence-electron chi connectivity index (χ2n) is 3.11. The van der Waals surface area contributed by atoms with Crippen LogP contribution in [0.3, 0.4) is 0 Å². The van der Waals surface area contributed by atoms with Gasteiger partial charge in [-0.3, -0.25) is 0 Å². The summed E-state index contributed by atoms with van der Waals surface area (Å²) in [6.07, 6.45) is 1.10. The van der Waals surface area contributed by atoms with Gasteiger partial charge < -0.3 is 16.3 Å². The van der Waals surface area contributed by atoms with Gasteiger partial charge in [0.1, 0.15) is 0 Å². The summed E-state index contributed by atoms with van der Waals surface area (Å²) in [4.78, 5) is 0. The van der Waals surface area contributed by atoms with Gasteiger partial charge in [-0.05, 0) is 12.3 Å². The van der Waals surface area contributed by atoms with E-state index in [9.17, 15) is 0 Å². The van der Waals surface area contributed by atoms with E-state index in [0.717, 1.165) is 18.8 Å². The van der Waals surface area contributed by atoms with Crippen molar-refractivity contribution in [1.82, 2.24) is 0 Å². The van der Waals surface area contributed by atoms with Gasteiger partial charge in [0.25, 0.3) is 0 Å². The Hall–Kier alpha value is -0.420. The first-order valence-corrected chi connectivity index (χ1v) is 5.39. The molecule has 13 heavy (non-hydrogen) atoms. The maximum Gasteiger partial charge on any atom is 0.177 e. The maximum absolute atomic E-state index is 5.37. The van der Waals surface area contributed by atoms with E-state index >= 15 is 0 Å². The largest absolute Gasteiger partial charge is 0.381 e. The van der Waals surface area contributed by atoms with Gasteiger partial charge in [-0.15, -0.1) is 0 Å². The molecular weight excluding hydrogens is 186 g/mol. The van der Waals surface area contributed by atoms with Crippen LogP contribution in [-0.2, 0) is 4.74 Å². The zero-order chi connectivity index (χ0) is 10.1. The number of rotatable bonds is 6. The monoisotopic (exact) mass is 205 g/mol. The van der Waals surface area contributed by atoms with Gasteiger partial charge in [-0.1, -0.05) is 25.6 Å². The number of hydrazone groups is 1. The molecule has 78 valence electrons. The summed E-state index contributed by atoms with van der Waals surface area (Å²) in [6, 6.07) is 0. The Balaban J connectivity index is 3.09. The highest BCUT2D eigenvalue weighted by Crippen LogP contribution is 2.01. The first-order chi connectivity index (χ1) is 6.16. The fourth-order valence-corrected chi connectivity index (χ4v) is 1.15. The zero-order valence-corrected chi connectivity index (χ0v) is 9.14. The van der Waals surface area contributed by atoms with Crippen molar-refractivity contribution in [2.24, 2.45) is 22.6 Å². The van der Waals surface area contributed by atoms with Crippen molar-refractivity contribution in [3.05, 3.63) is 0 Å². The van der Waals surface area contributed by atoms with E-state index < -0.39 is 0 Å². The van der Waals surface area contributed by atoms with Crippen molar-refractivity contribution < 1.29 is 4.74 Å². The lowest BCUT2D eigenvalue weighted by atomic mass is 10.1. The van der Waals surface area contributed by atoms with Gasteiger partial charge >= 0.3 is 0 Å². The number of thioether (sulfide) groups is 1. The number of hydrogen-bond donors (Lipinski definition) is 2. The van der Waals surface area contributed by atoms with Crippen molar-refractivity contribution in [3.63, 3.8) is 0 Å².